The van der Waals surface area contributed by atoms with E-state index in [-0.39, 0.29) is 0 Å². The van der Waals surface area contributed by atoms with Gasteiger partial charge in [0.25, 0.3) is 0 Å². The van der Waals surface area contributed by atoms with Gasteiger partial charge in [0.2, 0.25) is 0 Å². The highest BCUT2D eigenvalue weighted by Gasteiger charge is 2.45. The maximum absolute atomic E-state index is 5.97. The minimum atomic E-state index is 0.836. The Morgan fingerprint density at radius 3 is 2.21 bits per heavy atom. The summed E-state index contributed by atoms with van der Waals surface area (Å²) < 4.78 is 0. The van der Waals surface area contributed by atoms with Crippen LogP contribution in [0.15, 0.2) is 0 Å². The Labute approximate surface area is 86.8 Å². The summed E-state index contributed by atoms with van der Waals surface area (Å²) in [7, 11) is 0. The monoisotopic (exact) mass is 194 g/mol. The van der Waals surface area contributed by atoms with Gasteiger partial charge in [0.05, 0.1) is 0 Å². The fourth-order valence-corrected chi connectivity index (χ4v) is 3.96. The lowest BCUT2D eigenvalue weighted by Gasteiger charge is -2.55. The summed E-state index contributed by atoms with van der Waals surface area (Å²) in [6, 6.07) is 0.876. The summed E-state index contributed by atoms with van der Waals surface area (Å²) in [5.74, 6) is 2.81. The normalized spacial score (nSPS) is 47.8. The van der Waals surface area contributed by atoms with Gasteiger partial charge >= 0.3 is 0 Å². The molecule has 4 fully saturated rings. The third kappa shape index (κ3) is 1.24. The van der Waals surface area contributed by atoms with E-state index in [9.17, 15) is 0 Å². The second kappa shape index (κ2) is 3.49. The molecular weight excluding hydrogens is 172 g/mol. The number of rotatable bonds is 2. The van der Waals surface area contributed by atoms with Gasteiger partial charge in [0.1, 0.15) is 0 Å². The number of nitrogens with zero attached hydrogens (tertiary/aromatic N) is 1. The summed E-state index contributed by atoms with van der Waals surface area (Å²) in [4.78, 5) is 2.75. The predicted molar refractivity (Wildman–Crippen MR) is 58.0 cm³/mol. The lowest BCUT2D eigenvalue weighted by Crippen LogP contribution is -2.60. The van der Waals surface area contributed by atoms with Crippen LogP contribution >= 0.6 is 0 Å². The molecule has 0 spiro atoms. The zero-order valence-electron chi connectivity index (χ0n) is 8.99. The van der Waals surface area contributed by atoms with Crippen LogP contribution in [-0.4, -0.2) is 30.6 Å². The number of piperidine rings is 3. The van der Waals surface area contributed by atoms with E-state index in [4.69, 9.17) is 5.73 Å². The van der Waals surface area contributed by atoms with E-state index < -0.39 is 0 Å². The molecule has 2 unspecified atom stereocenters. The van der Waals surface area contributed by atoms with Gasteiger partial charge < -0.3 is 5.73 Å². The summed E-state index contributed by atoms with van der Waals surface area (Å²) in [5, 5.41) is 0. The molecule has 2 nitrogen and oxygen atoms in total. The van der Waals surface area contributed by atoms with Gasteiger partial charge in [0.15, 0.2) is 0 Å². The highest BCUT2D eigenvalue weighted by atomic mass is 15.2. The largest absolute Gasteiger partial charge is 0.330 e. The SMILES string of the molecule is NCC1C2CCN(CC2)C1C1CCC1. The van der Waals surface area contributed by atoms with Crippen molar-refractivity contribution >= 4 is 0 Å². The van der Waals surface area contributed by atoms with Crippen LogP contribution in [0.2, 0.25) is 0 Å². The molecular formula is C12H22N2. The zero-order valence-corrected chi connectivity index (χ0v) is 8.99. The maximum atomic E-state index is 5.97. The Bertz CT molecular complexity index is 204. The minimum absolute atomic E-state index is 0.836. The van der Waals surface area contributed by atoms with E-state index in [1.807, 2.05) is 0 Å². The van der Waals surface area contributed by atoms with Crippen molar-refractivity contribution in [1.82, 2.24) is 4.90 Å². The number of nitrogens with two attached hydrogens (primary N) is 1. The quantitative estimate of drug-likeness (QED) is 0.721. The molecule has 4 rings (SSSR count). The first-order valence-electron chi connectivity index (χ1n) is 6.34. The first-order valence-corrected chi connectivity index (χ1v) is 6.34. The Kier molecular flexibility index (Phi) is 2.29. The molecule has 0 aromatic carbocycles. The van der Waals surface area contributed by atoms with Crippen molar-refractivity contribution in [2.45, 2.75) is 38.1 Å². The van der Waals surface area contributed by atoms with Crippen LogP contribution < -0.4 is 5.73 Å². The number of hydrogen-bond acceptors (Lipinski definition) is 2. The summed E-state index contributed by atoms with van der Waals surface area (Å²) in [6.07, 6.45) is 7.27. The van der Waals surface area contributed by atoms with Crippen molar-refractivity contribution in [3.63, 3.8) is 0 Å². The zero-order chi connectivity index (χ0) is 9.54. The van der Waals surface area contributed by atoms with Gasteiger partial charge in [-0.3, -0.25) is 4.90 Å². The Morgan fingerprint density at radius 2 is 1.71 bits per heavy atom. The van der Waals surface area contributed by atoms with Crippen molar-refractivity contribution < 1.29 is 0 Å². The topological polar surface area (TPSA) is 29.3 Å². The van der Waals surface area contributed by atoms with Gasteiger partial charge in [-0.25, -0.2) is 0 Å². The average Bonchev–Trinajstić information content (AvgIpc) is 2.17. The van der Waals surface area contributed by atoms with Crippen molar-refractivity contribution in [1.29, 1.82) is 0 Å². The highest BCUT2D eigenvalue weighted by molar-refractivity contribution is 4.99. The fraction of sp³-hybridized carbons (Fsp3) is 1.00. The standard InChI is InChI=1S/C12H22N2/c13-8-11-9-4-6-14(7-5-9)12(11)10-2-1-3-10/h9-12H,1-8,13H2. The number of fused-ring (bicyclic) bond motifs is 3. The molecule has 3 saturated heterocycles. The van der Waals surface area contributed by atoms with E-state index in [2.05, 4.69) is 4.90 Å². The van der Waals surface area contributed by atoms with Crippen LogP contribution in [0.4, 0.5) is 0 Å². The molecule has 0 aromatic heterocycles. The molecule has 2 bridgehead atoms. The van der Waals surface area contributed by atoms with Gasteiger partial charge in [0, 0.05) is 6.04 Å². The molecule has 4 aliphatic rings. The first-order chi connectivity index (χ1) is 6.90. The predicted octanol–water partition coefficient (Wildman–Crippen LogP) is 1.46. The molecule has 2 atom stereocenters. The van der Waals surface area contributed by atoms with E-state index in [1.165, 1.54) is 45.2 Å². The minimum Gasteiger partial charge on any atom is -0.330 e. The molecule has 3 heterocycles. The van der Waals surface area contributed by atoms with Crippen LogP contribution in [0.1, 0.15) is 32.1 Å². The smallest absolute Gasteiger partial charge is 0.0166 e. The van der Waals surface area contributed by atoms with Crippen molar-refractivity contribution in [2.24, 2.45) is 23.5 Å². The third-order valence-electron chi connectivity index (χ3n) is 4.94. The molecule has 14 heavy (non-hydrogen) atoms. The van der Waals surface area contributed by atoms with Crippen molar-refractivity contribution in [2.75, 3.05) is 19.6 Å². The van der Waals surface area contributed by atoms with Crippen LogP contribution in [0.3, 0.4) is 0 Å². The van der Waals surface area contributed by atoms with Gasteiger partial charge in [-0.15, -0.1) is 0 Å². The van der Waals surface area contributed by atoms with Crippen LogP contribution in [0, 0.1) is 17.8 Å². The van der Waals surface area contributed by atoms with Gasteiger partial charge in [-0.1, -0.05) is 6.42 Å². The van der Waals surface area contributed by atoms with E-state index in [1.54, 1.807) is 0 Å². The van der Waals surface area contributed by atoms with Crippen LogP contribution in [0.5, 0.6) is 0 Å². The molecule has 3 aliphatic heterocycles. The first kappa shape index (κ1) is 9.17. The molecule has 1 saturated carbocycles. The summed E-state index contributed by atoms with van der Waals surface area (Å²) in [6.45, 7) is 3.66. The molecule has 1 aliphatic carbocycles. The second-order valence-electron chi connectivity index (χ2n) is 5.45. The third-order valence-corrected chi connectivity index (χ3v) is 4.94. The molecule has 2 N–H and O–H groups in total. The molecule has 0 amide bonds. The molecule has 0 radical (unpaired) electrons. The fourth-order valence-electron chi connectivity index (χ4n) is 3.96. The lowest BCUT2D eigenvalue weighted by atomic mass is 9.65. The van der Waals surface area contributed by atoms with Gasteiger partial charge in [-0.05, 0) is 63.1 Å². The van der Waals surface area contributed by atoms with Crippen molar-refractivity contribution in [3.05, 3.63) is 0 Å². The summed E-state index contributed by atoms with van der Waals surface area (Å²) in [5.41, 5.74) is 5.97. The van der Waals surface area contributed by atoms with E-state index >= 15 is 0 Å². The maximum Gasteiger partial charge on any atom is 0.0166 e. The van der Waals surface area contributed by atoms with Crippen LogP contribution in [-0.2, 0) is 0 Å². The van der Waals surface area contributed by atoms with Gasteiger partial charge in [-0.2, -0.15) is 0 Å². The molecule has 0 aromatic rings. The highest BCUT2D eigenvalue weighted by Crippen LogP contribution is 2.44. The number of hydrogen-bond donors (Lipinski definition) is 1. The van der Waals surface area contributed by atoms with Crippen molar-refractivity contribution in [3.8, 4) is 0 Å². The van der Waals surface area contributed by atoms with E-state index in [0.29, 0.717) is 0 Å². The second-order valence-corrected chi connectivity index (χ2v) is 5.45. The van der Waals surface area contributed by atoms with E-state index in [0.717, 1.165) is 30.3 Å². The average molecular weight is 194 g/mol. The Hall–Kier alpha value is -0.0800. The Balaban J connectivity index is 1.78. The summed E-state index contributed by atoms with van der Waals surface area (Å²) >= 11 is 0. The molecule has 2 heteroatoms. The van der Waals surface area contributed by atoms with Crippen LogP contribution in [0.25, 0.3) is 0 Å². The lowest BCUT2D eigenvalue weighted by molar-refractivity contribution is -0.0520. The Morgan fingerprint density at radius 1 is 1.00 bits per heavy atom. The molecule has 80 valence electrons.